The smallest absolute Gasteiger partial charge is 0.252 e. The number of methoxy groups -OCH3 is 1. The van der Waals surface area contributed by atoms with E-state index in [1.54, 1.807) is 23.9 Å². The summed E-state index contributed by atoms with van der Waals surface area (Å²) in [4.78, 5) is 27.7. The number of hydrogen-bond donors (Lipinski definition) is 3. The molecule has 14 heteroatoms. The summed E-state index contributed by atoms with van der Waals surface area (Å²) in [7, 11) is 1.56. The Balaban J connectivity index is 1.17. The fraction of sp³-hybridized carbons (Fsp3) is 0.400. The van der Waals surface area contributed by atoms with Crippen molar-refractivity contribution in [2.24, 2.45) is 0 Å². The van der Waals surface area contributed by atoms with E-state index < -0.39 is 18.1 Å². The molecule has 1 aliphatic carbocycles. The van der Waals surface area contributed by atoms with E-state index in [9.17, 15) is 13.6 Å². The van der Waals surface area contributed by atoms with E-state index in [2.05, 4.69) is 30.9 Å². The van der Waals surface area contributed by atoms with E-state index in [1.807, 2.05) is 38.2 Å². The molecule has 44 heavy (non-hydrogen) atoms. The summed E-state index contributed by atoms with van der Waals surface area (Å²) in [6, 6.07) is 6.96. The summed E-state index contributed by atoms with van der Waals surface area (Å²) >= 11 is 0. The first-order chi connectivity index (χ1) is 21.3. The number of halogens is 2. The lowest BCUT2D eigenvalue weighted by Gasteiger charge is -2.38. The first-order valence-corrected chi connectivity index (χ1v) is 14.5. The molecule has 5 aromatic rings. The van der Waals surface area contributed by atoms with E-state index in [0.717, 1.165) is 22.8 Å². The second-order valence-electron chi connectivity index (χ2n) is 11.1. The van der Waals surface area contributed by atoms with Crippen LogP contribution >= 0.6 is 0 Å². The Kier molecular flexibility index (Phi) is 8.08. The predicted octanol–water partition coefficient (Wildman–Crippen LogP) is 4.82. The summed E-state index contributed by atoms with van der Waals surface area (Å²) in [6.07, 6.45) is 8.01. The average molecular weight is 605 g/mol. The third-order valence-corrected chi connectivity index (χ3v) is 8.28. The highest BCUT2D eigenvalue weighted by Crippen LogP contribution is 2.40. The van der Waals surface area contributed by atoms with E-state index >= 15 is 0 Å². The number of rotatable bonds is 10. The van der Waals surface area contributed by atoms with Crippen molar-refractivity contribution >= 4 is 28.6 Å². The maximum Gasteiger partial charge on any atom is 0.252 e. The molecule has 6 rings (SSSR count). The van der Waals surface area contributed by atoms with Crippen molar-refractivity contribution < 1.29 is 18.3 Å². The topological polar surface area (TPSA) is 140 Å². The molecule has 0 bridgehead atoms. The van der Waals surface area contributed by atoms with Crippen molar-refractivity contribution in [2.75, 3.05) is 19.1 Å². The van der Waals surface area contributed by atoms with Gasteiger partial charge in [-0.2, -0.15) is 10.2 Å². The van der Waals surface area contributed by atoms with Crippen molar-refractivity contribution in [1.29, 1.82) is 0 Å². The standard InChI is InChI=1S/C30H34F2N10O2/c1-18-14-24(40-39-18)36-27-23-8-12-41(13-11-31)28(23)38-26(37-27)20-6-9-30(44-3,10-7-20)29(43)35-19(2)21-4-5-25(33-15-21)42-17-22(32)16-34-42/h4-5,8,12,14-17,19-20H,6-7,9-11,13H2,1-3H3,(H,35,43)(H2,36,37,38,39,40)/t19-,20?,30?/m0/s1. The number of H-pyrrole nitrogens is 1. The van der Waals surface area contributed by atoms with Gasteiger partial charge in [0.05, 0.1) is 30.4 Å². The SMILES string of the molecule is COC1(C(=O)N[C@@H](C)c2ccc(-n3cc(F)cn3)nc2)CCC(c2nc(Nc3cc(C)[nH]n3)c3ccn(CCF)c3n2)CC1. The van der Waals surface area contributed by atoms with Crippen LogP contribution in [0.5, 0.6) is 0 Å². The molecule has 5 heterocycles. The molecule has 0 radical (unpaired) electrons. The molecule has 5 aromatic heterocycles. The average Bonchev–Trinajstić information content (AvgIpc) is 3.77. The number of ether oxygens (including phenoxy) is 1. The number of carbonyl (C=O) groups is 1. The van der Waals surface area contributed by atoms with Gasteiger partial charge in [-0.25, -0.2) is 28.4 Å². The van der Waals surface area contributed by atoms with Gasteiger partial charge < -0.3 is 19.9 Å². The highest BCUT2D eigenvalue weighted by atomic mass is 19.1. The van der Waals surface area contributed by atoms with Crippen LogP contribution in [0.3, 0.4) is 0 Å². The maximum absolute atomic E-state index is 13.6. The molecule has 1 atom stereocenters. The third kappa shape index (κ3) is 5.76. The number of alkyl halides is 1. The minimum atomic E-state index is -1.00. The fourth-order valence-corrected chi connectivity index (χ4v) is 5.73. The summed E-state index contributed by atoms with van der Waals surface area (Å²) in [6.45, 7) is 3.47. The van der Waals surface area contributed by atoms with Crippen LogP contribution in [0.4, 0.5) is 20.4 Å². The molecule has 230 valence electrons. The molecule has 1 fully saturated rings. The van der Waals surface area contributed by atoms with Gasteiger partial charge in [0.25, 0.3) is 5.91 Å². The monoisotopic (exact) mass is 604 g/mol. The number of aromatic amines is 1. The minimum absolute atomic E-state index is 0.0213. The second-order valence-corrected chi connectivity index (χ2v) is 11.1. The van der Waals surface area contributed by atoms with Gasteiger partial charge in [0.1, 0.15) is 29.6 Å². The van der Waals surface area contributed by atoms with Crippen LogP contribution < -0.4 is 10.6 Å². The number of hydrogen-bond acceptors (Lipinski definition) is 8. The molecule has 1 saturated carbocycles. The van der Waals surface area contributed by atoms with Crippen LogP contribution in [0.25, 0.3) is 16.9 Å². The Morgan fingerprint density at radius 2 is 2.05 bits per heavy atom. The Labute approximate surface area is 252 Å². The normalized spacial score (nSPS) is 19.2. The number of amides is 1. The van der Waals surface area contributed by atoms with Gasteiger partial charge in [0.15, 0.2) is 17.5 Å². The van der Waals surface area contributed by atoms with Gasteiger partial charge in [-0.05, 0) is 57.2 Å². The van der Waals surface area contributed by atoms with E-state index in [1.165, 1.54) is 10.9 Å². The number of aromatic nitrogens is 8. The van der Waals surface area contributed by atoms with Crippen LogP contribution in [0.15, 0.2) is 49.1 Å². The molecular weight excluding hydrogens is 570 g/mol. The first kappa shape index (κ1) is 29.4. The number of aryl methyl sites for hydroxylation is 2. The van der Waals surface area contributed by atoms with Gasteiger partial charge in [0.2, 0.25) is 0 Å². The summed E-state index contributed by atoms with van der Waals surface area (Å²) in [5.41, 5.74) is 1.34. The summed E-state index contributed by atoms with van der Waals surface area (Å²) in [5, 5.41) is 18.3. The Bertz CT molecular complexity index is 1760. The van der Waals surface area contributed by atoms with Crippen molar-refractivity contribution in [3.8, 4) is 5.82 Å². The molecule has 1 aliphatic rings. The fourth-order valence-electron chi connectivity index (χ4n) is 5.73. The number of nitrogens with one attached hydrogen (secondary N) is 3. The van der Waals surface area contributed by atoms with Crippen LogP contribution in [0.2, 0.25) is 0 Å². The zero-order valence-corrected chi connectivity index (χ0v) is 24.7. The van der Waals surface area contributed by atoms with Crippen molar-refractivity contribution in [3.05, 3.63) is 72.0 Å². The Morgan fingerprint density at radius 1 is 1.23 bits per heavy atom. The quantitative estimate of drug-likeness (QED) is 0.206. The van der Waals surface area contributed by atoms with Crippen LogP contribution in [-0.2, 0) is 16.1 Å². The van der Waals surface area contributed by atoms with Crippen molar-refractivity contribution in [2.45, 2.75) is 63.6 Å². The highest BCUT2D eigenvalue weighted by Gasteiger charge is 2.43. The number of fused-ring (bicyclic) bond motifs is 1. The molecule has 3 N–H and O–H groups in total. The molecule has 0 aliphatic heterocycles. The Hall–Kier alpha value is -4.72. The molecule has 0 unspecified atom stereocenters. The number of pyridine rings is 1. The molecular formula is C30H34F2N10O2. The van der Waals surface area contributed by atoms with Gasteiger partial charge in [-0.15, -0.1) is 0 Å². The second kappa shape index (κ2) is 12.1. The van der Waals surface area contributed by atoms with Gasteiger partial charge in [0, 0.05) is 37.2 Å². The zero-order chi connectivity index (χ0) is 30.8. The first-order valence-electron chi connectivity index (χ1n) is 14.5. The maximum atomic E-state index is 13.6. The molecule has 0 aromatic carbocycles. The van der Waals surface area contributed by atoms with Crippen molar-refractivity contribution in [3.63, 3.8) is 0 Å². The van der Waals surface area contributed by atoms with Gasteiger partial charge in [-0.1, -0.05) is 6.07 Å². The van der Waals surface area contributed by atoms with Crippen LogP contribution in [-0.4, -0.2) is 64.8 Å². The number of carbonyl (C=O) groups excluding carboxylic acids is 1. The molecule has 0 saturated heterocycles. The summed E-state index contributed by atoms with van der Waals surface area (Å²) < 4.78 is 35.6. The Morgan fingerprint density at radius 3 is 2.68 bits per heavy atom. The van der Waals surface area contributed by atoms with Crippen LogP contribution in [0.1, 0.15) is 61.6 Å². The minimum Gasteiger partial charge on any atom is -0.368 e. The summed E-state index contributed by atoms with van der Waals surface area (Å²) in [5.74, 6) is 1.66. The highest BCUT2D eigenvalue weighted by molar-refractivity contribution is 5.89. The van der Waals surface area contributed by atoms with E-state index in [4.69, 9.17) is 14.7 Å². The number of anilines is 2. The largest absolute Gasteiger partial charge is 0.368 e. The lowest BCUT2D eigenvalue weighted by Crippen LogP contribution is -2.50. The van der Waals surface area contributed by atoms with E-state index in [-0.39, 0.29) is 24.4 Å². The van der Waals surface area contributed by atoms with Crippen LogP contribution in [0, 0.1) is 12.7 Å². The molecule has 0 spiro atoms. The molecule has 12 nitrogen and oxygen atoms in total. The third-order valence-electron chi connectivity index (χ3n) is 8.28. The zero-order valence-electron chi connectivity index (χ0n) is 24.7. The molecule has 1 amide bonds. The predicted molar refractivity (Wildman–Crippen MR) is 159 cm³/mol. The number of nitrogens with zero attached hydrogens (tertiary/aromatic N) is 7. The lowest BCUT2D eigenvalue weighted by atomic mass is 9.77. The lowest BCUT2D eigenvalue weighted by molar-refractivity contribution is -0.148. The van der Waals surface area contributed by atoms with Crippen molar-refractivity contribution in [1.82, 2.24) is 44.8 Å². The van der Waals surface area contributed by atoms with Gasteiger partial charge >= 0.3 is 0 Å². The van der Waals surface area contributed by atoms with Gasteiger partial charge in [-0.3, -0.25) is 9.89 Å². The van der Waals surface area contributed by atoms with E-state index in [0.29, 0.717) is 54.6 Å².